The predicted molar refractivity (Wildman–Crippen MR) is 79.5 cm³/mol. The minimum absolute atomic E-state index is 0.449. The fraction of sp³-hybridized carbons (Fsp3) is 0.529. The highest BCUT2D eigenvalue weighted by Gasteiger charge is 2.30. The highest BCUT2D eigenvalue weighted by molar-refractivity contribution is 5.59. The molecule has 0 fully saturated rings. The zero-order valence-corrected chi connectivity index (χ0v) is 12.7. The highest BCUT2D eigenvalue weighted by Crippen LogP contribution is 2.49. The molecule has 0 heterocycles. The molecule has 2 rings (SSSR count). The molecule has 1 aliphatic rings. The van der Waals surface area contributed by atoms with Gasteiger partial charge in [0.15, 0.2) is 11.5 Å². The number of aryl methyl sites for hydroxylation is 1. The van der Waals surface area contributed by atoms with Gasteiger partial charge in [-0.2, -0.15) is 0 Å². The lowest BCUT2D eigenvalue weighted by atomic mass is 9.74. The van der Waals surface area contributed by atoms with Crippen molar-refractivity contribution < 1.29 is 9.47 Å². The first-order valence-corrected chi connectivity index (χ1v) is 6.92. The molecule has 2 heteroatoms. The van der Waals surface area contributed by atoms with E-state index in [1.165, 1.54) is 29.5 Å². The number of benzene rings is 1. The van der Waals surface area contributed by atoms with Crippen LogP contribution in [0.5, 0.6) is 11.5 Å². The van der Waals surface area contributed by atoms with Crippen molar-refractivity contribution in [2.24, 2.45) is 0 Å². The lowest BCUT2D eigenvalue weighted by Gasteiger charge is -2.33. The molecule has 1 aromatic rings. The summed E-state index contributed by atoms with van der Waals surface area (Å²) in [6.45, 7) is 10.6. The molecule has 0 aliphatic heterocycles. The van der Waals surface area contributed by atoms with Gasteiger partial charge in [-0.25, -0.2) is 0 Å². The number of hydrogen-bond acceptors (Lipinski definition) is 2. The molecule has 0 saturated heterocycles. The first kappa shape index (κ1) is 14.0. The van der Waals surface area contributed by atoms with Gasteiger partial charge in [-0.15, -0.1) is 0 Å². The van der Waals surface area contributed by atoms with E-state index in [1.54, 1.807) is 14.2 Å². The Hall–Kier alpha value is -1.44. The van der Waals surface area contributed by atoms with Crippen molar-refractivity contribution in [1.29, 1.82) is 0 Å². The minimum Gasteiger partial charge on any atom is -0.493 e. The van der Waals surface area contributed by atoms with Crippen molar-refractivity contribution in [3.63, 3.8) is 0 Å². The molecule has 0 aromatic heterocycles. The summed E-state index contributed by atoms with van der Waals surface area (Å²) in [5, 5.41) is 0. The summed E-state index contributed by atoms with van der Waals surface area (Å²) in [5.41, 5.74) is 5.06. The standard InChI is InChI=1S/C17H24O2/c1-10(2)13-8-7-11(3)15-14(13)9-12(4)16(18-5)17(15)19-6/h9,11,13H,1,7-8H2,2-6H3/t11-,13+/m0/s1. The van der Waals surface area contributed by atoms with Crippen molar-refractivity contribution in [3.8, 4) is 11.5 Å². The molecule has 0 bridgehead atoms. The second-order valence-corrected chi connectivity index (χ2v) is 5.64. The van der Waals surface area contributed by atoms with Crippen LogP contribution in [0.4, 0.5) is 0 Å². The maximum Gasteiger partial charge on any atom is 0.164 e. The molecule has 0 unspecified atom stereocenters. The Morgan fingerprint density at radius 2 is 1.84 bits per heavy atom. The van der Waals surface area contributed by atoms with Crippen molar-refractivity contribution in [1.82, 2.24) is 0 Å². The number of methoxy groups -OCH3 is 2. The van der Waals surface area contributed by atoms with Gasteiger partial charge in [0, 0.05) is 11.5 Å². The van der Waals surface area contributed by atoms with E-state index in [0.29, 0.717) is 11.8 Å². The average molecular weight is 260 g/mol. The van der Waals surface area contributed by atoms with Gasteiger partial charge in [-0.1, -0.05) is 25.1 Å². The molecule has 1 aliphatic carbocycles. The molecule has 1 aromatic carbocycles. The Bertz CT molecular complexity index is 502. The molecule has 0 spiro atoms. The van der Waals surface area contributed by atoms with E-state index in [0.717, 1.165) is 17.1 Å². The van der Waals surface area contributed by atoms with Crippen LogP contribution in [-0.2, 0) is 0 Å². The van der Waals surface area contributed by atoms with Crippen LogP contribution in [0.2, 0.25) is 0 Å². The van der Waals surface area contributed by atoms with Crippen LogP contribution < -0.4 is 9.47 Å². The monoisotopic (exact) mass is 260 g/mol. The molecule has 104 valence electrons. The van der Waals surface area contributed by atoms with Gasteiger partial charge in [0.2, 0.25) is 0 Å². The highest BCUT2D eigenvalue weighted by atomic mass is 16.5. The zero-order chi connectivity index (χ0) is 14.2. The number of hydrogen-bond donors (Lipinski definition) is 0. The Kier molecular flexibility index (Phi) is 3.88. The zero-order valence-electron chi connectivity index (χ0n) is 12.7. The van der Waals surface area contributed by atoms with Gasteiger partial charge in [-0.05, 0) is 43.7 Å². The first-order valence-electron chi connectivity index (χ1n) is 6.92. The maximum absolute atomic E-state index is 5.66. The van der Waals surface area contributed by atoms with Crippen LogP contribution in [0.1, 0.15) is 55.2 Å². The predicted octanol–water partition coefficient (Wildman–Crippen LogP) is 4.57. The van der Waals surface area contributed by atoms with E-state index in [9.17, 15) is 0 Å². The van der Waals surface area contributed by atoms with Crippen LogP contribution in [0.15, 0.2) is 18.2 Å². The summed E-state index contributed by atoms with van der Waals surface area (Å²) >= 11 is 0. The number of rotatable bonds is 3. The number of fused-ring (bicyclic) bond motifs is 1. The summed E-state index contributed by atoms with van der Waals surface area (Å²) in [5.74, 6) is 2.74. The summed E-state index contributed by atoms with van der Waals surface area (Å²) in [6, 6.07) is 2.26. The van der Waals surface area contributed by atoms with Crippen molar-refractivity contribution in [3.05, 3.63) is 34.9 Å². The third-order valence-corrected chi connectivity index (χ3v) is 4.25. The third-order valence-electron chi connectivity index (χ3n) is 4.25. The van der Waals surface area contributed by atoms with E-state index in [1.807, 2.05) is 0 Å². The number of allylic oxidation sites excluding steroid dienone is 1. The lowest BCUT2D eigenvalue weighted by Crippen LogP contribution is -2.16. The van der Waals surface area contributed by atoms with E-state index in [4.69, 9.17) is 9.47 Å². The molecule has 0 N–H and O–H groups in total. The molecule has 0 saturated carbocycles. The normalized spacial score (nSPS) is 21.7. The van der Waals surface area contributed by atoms with Crippen molar-refractivity contribution in [2.45, 2.75) is 45.4 Å². The summed E-state index contributed by atoms with van der Waals surface area (Å²) < 4.78 is 11.2. The Balaban J connectivity index is 2.71. The molecular formula is C17H24O2. The van der Waals surface area contributed by atoms with Crippen molar-refractivity contribution in [2.75, 3.05) is 14.2 Å². The Morgan fingerprint density at radius 3 is 2.37 bits per heavy atom. The topological polar surface area (TPSA) is 18.5 Å². The Labute approximate surface area is 116 Å². The van der Waals surface area contributed by atoms with Gasteiger partial charge in [0.25, 0.3) is 0 Å². The summed E-state index contributed by atoms with van der Waals surface area (Å²) in [4.78, 5) is 0. The van der Waals surface area contributed by atoms with Crippen LogP contribution in [-0.4, -0.2) is 14.2 Å². The smallest absolute Gasteiger partial charge is 0.164 e. The summed E-state index contributed by atoms with van der Waals surface area (Å²) in [6.07, 6.45) is 2.35. The van der Waals surface area contributed by atoms with Crippen LogP contribution in [0.25, 0.3) is 0 Å². The van der Waals surface area contributed by atoms with Crippen LogP contribution in [0, 0.1) is 6.92 Å². The fourth-order valence-corrected chi connectivity index (χ4v) is 3.29. The molecule has 2 atom stereocenters. The second-order valence-electron chi connectivity index (χ2n) is 5.64. The van der Waals surface area contributed by atoms with E-state index in [2.05, 4.69) is 33.4 Å². The molecule has 0 radical (unpaired) electrons. The van der Waals surface area contributed by atoms with Crippen LogP contribution in [0.3, 0.4) is 0 Å². The van der Waals surface area contributed by atoms with Crippen molar-refractivity contribution >= 4 is 0 Å². The largest absolute Gasteiger partial charge is 0.493 e. The molecule has 2 nitrogen and oxygen atoms in total. The lowest BCUT2D eigenvalue weighted by molar-refractivity contribution is 0.343. The Morgan fingerprint density at radius 1 is 1.21 bits per heavy atom. The molecular weight excluding hydrogens is 236 g/mol. The van der Waals surface area contributed by atoms with Crippen LogP contribution >= 0.6 is 0 Å². The van der Waals surface area contributed by atoms with Gasteiger partial charge < -0.3 is 9.47 Å². The van der Waals surface area contributed by atoms with Gasteiger partial charge in [0.1, 0.15) is 0 Å². The fourth-order valence-electron chi connectivity index (χ4n) is 3.29. The first-order chi connectivity index (χ1) is 9.01. The van der Waals surface area contributed by atoms with Gasteiger partial charge >= 0.3 is 0 Å². The molecule has 0 amide bonds. The van der Waals surface area contributed by atoms with Gasteiger partial charge in [0.05, 0.1) is 14.2 Å². The maximum atomic E-state index is 5.66. The van der Waals surface area contributed by atoms with E-state index in [-0.39, 0.29) is 0 Å². The van der Waals surface area contributed by atoms with E-state index >= 15 is 0 Å². The quantitative estimate of drug-likeness (QED) is 0.741. The summed E-state index contributed by atoms with van der Waals surface area (Å²) in [7, 11) is 3.44. The second kappa shape index (κ2) is 5.28. The molecule has 19 heavy (non-hydrogen) atoms. The van der Waals surface area contributed by atoms with E-state index < -0.39 is 0 Å². The van der Waals surface area contributed by atoms with Gasteiger partial charge in [-0.3, -0.25) is 0 Å². The average Bonchev–Trinajstić information content (AvgIpc) is 2.37. The third kappa shape index (κ3) is 2.24. The SMILES string of the molecule is C=C(C)[C@H]1CC[C@H](C)c2c1cc(C)c(OC)c2OC. The minimum atomic E-state index is 0.449. The number of ether oxygens (including phenoxy) is 2.